The van der Waals surface area contributed by atoms with Crippen LogP contribution in [-0.2, 0) is 13.2 Å². The molecule has 2 aromatic carbocycles. The summed E-state index contributed by atoms with van der Waals surface area (Å²) in [7, 11) is 1.23. The molecule has 0 atom stereocenters. The highest BCUT2D eigenvalue weighted by molar-refractivity contribution is 6.37. The van der Waals surface area contributed by atoms with Gasteiger partial charge in [-0.25, -0.2) is 9.18 Å². The standard InChI is InChI=1S/C18H10Cl3F4N3O2/c1-28-7-14(16(27-28)18(23,24)25)30-17(29)26-15-11(5-9(22)6-13(15)21)10-3-2-8(19)4-12(10)20/h2-7H,1H3,(H,26,29). The predicted molar refractivity (Wildman–Crippen MR) is 105 cm³/mol. The molecule has 1 amide bonds. The number of hydrogen-bond donors (Lipinski definition) is 1. The molecule has 0 saturated heterocycles. The number of alkyl halides is 3. The van der Waals surface area contributed by atoms with Gasteiger partial charge in [0, 0.05) is 28.2 Å². The number of nitrogens with one attached hydrogen (secondary N) is 1. The minimum atomic E-state index is -4.84. The maximum Gasteiger partial charge on any atom is 0.438 e. The van der Waals surface area contributed by atoms with Crippen LogP contribution in [0.1, 0.15) is 5.69 Å². The van der Waals surface area contributed by atoms with Crippen molar-refractivity contribution in [1.82, 2.24) is 9.78 Å². The van der Waals surface area contributed by atoms with Crippen LogP contribution in [0, 0.1) is 5.82 Å². The second-order valence-corrected chi connectivity index (χ2v) is 7.21. The number of carbonyl (C=O) groups excluding carboxylic acids is 1. The topological polar surface area (TPSA) is 56.1 Å². The Morgan fingerprint density at radius 1 is 1.10 bits per heavy atom. The number of benzene rings is 2. The van der Waals surface area contributed by atoms with E-state index in [0.29, 0.717) is 5.02 Å². The Bertz CT molecular complexity index is 1130. The van der Waals surface area contributed by atoms with Crippen LogP contribution in [0.25, 0.3) is 11.1 Å². The van der Waals surface area contributed by atoms with Crippen molar-refractivity contribution in [3.05, 3.63) is 63.1 Å². The molecule has 0 saturated carbocycles. The molecule has 0 radical (unpaired) electrons. The third kappa shape index (κ3) is 4.80. The molecule has 1 heterocycles. The van der Waals surface area contributed by atoms with Gasteiger partial charge in [0.1, 0.15) is 5.82 Å². The molecule has 3 aromatic rings. The fourth-order valence-corrected chi connectivity index (χ4v) is 3.35. The Balaban J connectivity index is 1.97. The Morgan fingerprint density at radius 3 is 2.43 bits per heavy atom. The van der Waals surface area contributed by atoms with Gasteiger partial charge in [-0.2, -0.15) is 18.3 Å². The van der Waals surface area contributed by atoms with Crippen molar-refractivity contribution in [2.24, 2.45) is 7.05 Å². The highest BCUT2D eigenvalue weighted by Crippen LogP contribution is 2.40. The SMILES string of the molecule is Cn1cc(OC(=O)Nc2c(Cl)cc(F)cc2-c2ccc(Cl)cc2Cl)c(C(F)(F)F)n1. The predicted octanol–water partition coefficient (Wildman–Crippen LogP) is 6.82. The van der Waals surface area contributed by atoms with E-state index in [1.807, 2.05) is 0 Å². The molecule has 0 aliphatic rings. The lowest BCUT2D eigenvalue weighted by Crippen LogP contribution is -2.19. The largest absolute Gasteiger partial charge is 0.438 e. The Morgan fingerprint density at radius 2 is 1.80 bits per heavy atom. The first-order chi connectivity index (χ1) is 14.0. The number of aromatic nitrogens is 2. The van der Waals surface area contributed by atoms with Crippen LogP contribution in [0.2, 0.25) is 15.1 Å². The number of rotatable bonds is 3. The summed E-state index contributed by atoms with van der Waals surface area (Å²) in [6, 6.07) is 6.30. The van der Waals surface area contributed by atoms with E-state index in [-0.39, 0.29) is 26.9 Å². The molecule has 5 nitrogen and oxygen atoms in total. The Hall–Kier alpha value is -2.49. The summed E-state index contributed by atoms with van der Waals surface area (Å²) >= 11 is 18.1. The lowest BCUT2D eigenvalue weighted by molar-refractivity contribution is -0.142. The fraction of sp³-hybridized carbons (Fsp3) is 0.111. The molecule has 0 fully saturated rings. The van der Waals surface area contributed by atoms with Gasteiger partial charge in [0.05, 0.1) is 16.9 Å². The minimum Gasteiger partial charge on any atom is -0.406 e. The van der Waals surface area contributed by atoms with Gasteiger partial charge < -0.3 is 4.74 Å². The summed E-state index contributed by atoms with van der Waals surface area (Å²) < 4.78 is 58.6. The molecule has 0 unspecified atom stereocenters. The number of halogens is 7. The quantitative estimate of drug-likeness (QED) is 0.417. The van der Waals surface area contributed by atoms with Crippen molar-refractivity contribution in [1.29, 1.82) is 0 Å². The summed E-state index contributed by atoms with van der Waals surface area (Å²) in [4.78, 5) is 12.3. The van der Waals surface area contributed by atoms with Crippen molar-refractivity contribution >= 4 is 46.6 Å². The first kappa shape index (κ1) is 22.2. The molecule has 158 valence electrons. The van der Waals surface area contributed by atoms with E-state index in [1.165, 1.54) is 25.2 Å². The molecule has 0 spiro atoms. The van der Waals surface area contributed by atoms with Gasteiger partial charge >= 0.3 is 12.3 Å². The molecule has 1 N–H and O–H groups in total. The zero-order valence-corrected chi connectivity index (χ0v) is 17.1. The number of nitrogens with zero attached hydrogens (tertiary/aromatic N) is 2. The number of anilines is 1. The van der Waals surface area contributed by atoms with Crippen molar-refractivity contribution in [2.75, 3.05) is 5.32 Å². The average molecular weight is 483 g/mol. The summed E-state index contributed by atoms with van der Waals surface area (Å²) in [5.41, 5.74) is -1.16. The van der Waals surface area contributed by atoms with Crippen LogP contribution < -0.4 is 10.1 Å². The lowest BCUT2D eigenvalue weighted by atomic mass is 10.0. The van der Waals surface area contributed by atoms with E-state index < -0.39 is 29.5 Å². The van der Waals surface area contributed by atoms with Gasteiger partial charge in [0.25, 0.3) is 0 Å². The highest BCUT2D eigenvalue weighted by Gasteiger charge is 2.39. The molecule has 0 bridgehead atoms. The van der Waals surface area contributed by atoms with E-state index in [1.54, 1.807) is 0 Å². The van der Waals surface area contributed by atoms with E-state index in [2.05, 4.69) is 10.4 Å². The first-order valence-electron chi connectivity index (χ1n) is 8.00. The van der Waals surface area contributed by atoms with Crippen LogP contribution in [0.3, 0.4) is 0 Å². The molecule has 3 rings (SSSR count). The number of hydrogen-bond acceptors (Lipinski definition) is 3. The molecule has 30 heavy (non-hydrogen) atoms. The molecule has 1 aromatic heterocycles. The second-order valence-electron chi connectivity index (χ2n) is 5.96. The molecule has 0 aliphatic carbocycles. The van der Waals surface area contributed by atoms with Crippen molar-refractivity contribution in [3.63, 3.8) is 0 Å². The van der Waals surface area contributed by atoms with Crippen LogP contribution >= 0.6 is 34.8 Å². The summed E-state index contributed by atoms with van der Waals surface area (Å²) in [6.07, 6.45) is -5.26. The second kappa shape index (κ2) is 8.33. The average Bonchev–Trinajstić information content (AvgIpc) is 2.98. The van der Waals surface area contributed by atoms with Crippen LogP contribution in [0.4, 0.5) is 28.0 Å². The smallest absolute Gasteiger partial charge is 0.406 e. The molecular formula is C18H10Cl3F4N3O2. The lowest BCUT2D eigenvalue weighted by Gasteiger charge is -2.15. The van der Waals surface area contributed by atoms with Gasteiger partial charge in [0.2, 0.25) is 5.69 Å². The number of amides is 1. The molecule has 0 aliphatic heterocycles. The highest BCUT2D eigenvalue weighted by atomic mass is 35.5. The van der Waals surface area contributed by atoms with Crippen molar-refractivity contribution in [2.45, 2.75) is 6.18 Å². The maximum atomic E-state index is 13.9. The van der Waals surface area contributed by atoms with Crippen molar-refractivity contribution < 1.29 is 27.1 Å². The normalized spacial score (nSPS) is 11.5. The van der Waals surface area contributed by atoms with Crippen LogP contribution in [0.5, 0.6) is 5.75 Å². The van der Waals surface area contributed by atoms with Gasteiger partial charge in [-0.1, -0.05) is 40.9 Å². The van der Waals surface area contributed by atoms with Gasteiger partial charge in [0.15, 0.2) is 5.75 Å². The number of carbonyl (C=O) groups is 1. The molecule has 12 heteroatoms. The van der Waals surface area contributed by atoms with E-state index in [9.17, 15) is 22.4 Å². The third-order valence-electron chi connectivity index (χ3n) is 3.77. The van der Waals surface area contributed by atoms with Gasteiger partial charge in [-0.15, -0.1) is 0 Å². The zero-order valence-electron chi connectivity index (χ0n) is 14.8. The first-order valence-corrected chi connectivity index (χ1v) is 9.13. The Kier molecular flexibility index (Phi) is 6.16. The minimum absolute atomic E-state index is 0.0702. The zero-order chi connectivity index (χ0) is 22.2. The summed E-state index contributed by atoms with van der Waals surface area (Å²) in [5, 5.41) is 5.69. The van der Waals surface area contributed by atoms with Crippen LogP contribution in [-0.4, -0.2) is 15.9 Å². The van der Waals surface area contributed by atoms with Gasteiger partial charge in [-0.05, 0) is 24.3 Å². The van der Waals surface area contributed by atoms with E-state index in [4.69, 9.17) is 39.5 Å². The summed E-state index contributed by atoms with van der Waals surface area (Å²) in [6.45, 7) is 0. The monoisotopic (exact) mass is 481 g/mol. The number of ether oxygens (including phenoxy) is 1. The number of aryl methyl sites for hydroxylation is 1. The van der Waals surface area contributed by atoms with Crippen LogP contribution in [0.15, 0.2) is 36.5 Å². The molecular weight excluding hydrogens is 473 g/mol. The van der Waals surface area contributed by atoms with Gasteiger partial charge in [-0.3, -0.25) is 10.00 Å². The van der Waals surface area contributed by atoms with Crippen molar-refractivity contribution in [3.8, 4) is 16.9 Å². The van der Waals surface area contributed by atoms with E-state index >= 15 is 0 Å². The summed E-state index contributed by atoms with van der Waals surface area (Å²) in [5.74, 6) is -1.54. The fourth-order valence-electron chi connectivity index (χ4n) is 2.59. The maximum absolute atomic E-state index is 13.9. The Labute approximate surface area is 182 Å². The van der Waals surface area contributed by atoms with E-state index in [0.717, 1.165) is 23.0 Å². The third-order valence-corrected chi connectivity index (χ3v) is 4.62.